The minimum Gasteiger partial charge on any atom is -0.506 e. The number of rotatable bonds is 6. The van der Waals surface area contributed by atoms with E-state index in [0.717, 1.165) is 12.6 Å². The Bertz CT molecular complexity index is 1510. The van der Waals surface area contributed by atoms with Crippen molar-refractivity contribution in [1.82, 2.24) is 29.6 Å². The molecule has 0 aromatic carbocycles. The van der Waals surface area contributed by atoms with Crippen LogP contribution in [0.5, 0.6) is 5.75 Å². The monoisotopic (exact) mass is 477 g/mol. The lowest BCUT2D eigenvalue weighted by molar-refractivity contribution is -0.00711. The predicted molar refractivity (Wildman–Crippen MR) is 132 cm³/mol. The van der Waals surface area contributed by atoms with Gasteiger partial charge in [-0.2, -0.15) is 10.1 Å². The fraction of sp³-hybridized carbons (Fsp3) is 0.375. The van der Waals surface area contributed by atoms with E-state index < -0.39 is 5.69 Å². The average molecular weight is 478 g/mol. The van der Waals surface area contributed by atoms with Gasteiger partial charge in [-0.05, 0) is 19.3 Å². The Labute approximate surface area is 200 Å². The number of hydrogen-bond donors (Lipinski definition) is 3. The van der Waals surface area contributed by atoms with Gasteiger partial charge in [0.25, 0.3) is 0 Å². The SMILES string of the molecule is CC[C@H]1C[C@@H](n2c(=O)nc(/C(C=N)=C/NC)c3oc4cc(O)c(-c5cnn(C)c5)nc4c32)CCO1. The van der Waals surface area contributed by atoms with Gasteiger partial charge >= 0.3 is 5.69 Å². The van der Waals surface area contributed by atoms with Crippen LogP contribution < -0.4 is 11.0 Å². The van der Waals surface area contributed by atoms with Gasteiger partial charge in [0.05, 0.1) is 12.3 Å². The maximum absolute atomic E-state index is 13.5. The molecule has 2 atom stereocenters. The first kappa shape index (κ1) is 22.8. The number of nitrogens with one attached hydrogen (secondary N) is 2. The van der Waals surface area contributed by atoms with Crippen LogP contribution in [0.25, 0.3) is 39.0 Å². The summed E-state index contributed by atoms with van der Waals surface area (Å²) in [6.45, 7) is 2.60. The number of pyridine rings is 1. The smallest absolute Gasteiger partial charge is 0.349 e. The summed E-state index contributed by atoms with van der Waals surface area (Å²) < 4.78 is 15.3. The Hall–Kier alpha value is -3.99. The summed E-state index contributed by atoms with van der Waals surface area (Å²) >= 11 is 0. The van der Waals surface area contributed by atoms with Gasteiger partial charge in [0.1, 0.15) is 28.2 Å². The zero-order chi connectivity index (χ0) is 24.7. The largest absolute Gasteiger partial charge is 0.506 e. The molecule has 0 aliphatic carbocycles. The van der Waals surface area contributed by atoms with Crippen LogP contribution in [0.4, 0.5) is 0 Å². The lowest BCUT2D eigenvalue weighted by Crippen LogP contribution is -2.34. The molecule has 4 aromatic heterocycles. The molecule has 11 heteroatoms. The van der Waals surface area contributed by atoms with Gasteiger partial charge in [0.15, 0.2) is 11.2 Å². The van der Waals surface area contributed by atoms with Crippen molar-refractivity contribution in [3.8, 4) is 17.0 Å². The molecule has 0 bridgehead atoms. The number of allylic oxidation sites excluding steroid dienone is 1. The molecule has 0 unspecified atom stereocenters. The summed E-state index contributed by atoms with van der Waals surface area (Å²) in [5, 5.41) is 25.6. The average Bonchev–Trinajstić information content (AvgIpc) is 3.44. The first-order chi connectivity index (χ1) is 16.9. The van der Waals surface area contributed by atoms with Crippen molar-refractivity contribution in [2.45, 2.75) is 38.3 Å². The highest BCUT2D eigenvalue weighted by Gasteiger charge is 2.29. The van der Waals surface area contributed by atoms with Crippen molar-refractivity contribution in [3.05, 3.63) is 40.8 Å². The van der Waals surface area contributed by atoms with Gasteiger partial charge in [-0.3, -0.25) is 9.25 Å². The molecule has 0 spiro atoms. The topological polar surface area (TPSA) is 144 Å². The van der Waals surface area contributed by atoms with Crippen molar-refractivity contribution in [2.75, 3.05) is 13.7 Å². The second-order valence-corrected chi connectivity index (χ2v) is 8.61. The van der Waals surface area contributed by atoms with E-state index in [0.29, 0.717) is 58.5 Å². The van der Waals surface area contributed by atoms with Gasteiger partial charge in [-0.15, -0.1) is 0 Å². The lowest BCUT2D eigenvalue weighted by Gasteiger charge is -2.30. The van der Waals surface area contributed by atoms with E-state index >= 15 is 0 Å². The summed E-state index contributed by atoms with van der Waals surface area (Å²) in [6, 6.07) is 1.34. The molecular formula is C24H27N7O4. The first-order valence-corrected chi connectivity index (χ1v) is 11.5. The van der Waals surface area contributed by atoms with Crippen molar-refractivity contribution < 1.29 is 14.3 Å². The van der Waals surface area contributed by atoms with Gasteiger partial charge in [-0.25, -0.2) is 9.78 Å². The molecule has 0 radical (unpaired) electrons. The Morgan fingerprint density at radius 1 is 1.40 bits per heavy atom. The normalized spacial score (nSPS) is 18.9. The van der Waals surface area contributed by atoms with Gasteiger partial charge in [-0.1, -0.05) is 6.92 Å². The minimum absolute atomic E-state index is 0.0397. The molecule has 1 fully saturated rings. The van der Waals surface area contributed by atoms with Crippen molar-refractivity contribution in [2.24, 2.45) is 7.05 Å². The number of ether oxygens (including phenoxy) is 1. The molecule has 0 saturated carbocycles. The van der Waals surface area contributed by atoms with Crippen LogP contribution in [0, 0.1) is 5.41 Å². The zero-order valence-electron chi connectivity index (χ0n) is 19.8. The van der Waals surface area contributed by atoms with Crippen LogP contribution in [0.2, 0.25) is 0 Å². The first-order valence-electron chi connectivity index (χ1n) is 11.5. The number of aromatic hydroxyl groups is 1. The van der Waals surface area contributed by atoms with Crippen LogP contribution in [0.3, 0.4) is 0 Å². The Balaban J connectivity index is 1.85. The fourth-order valence-corrected chi connectivity index (χ4v) is 4.68. The molecule has 3 N–H and O–H groups in total. The molecule has 4 aromatic rings. The van der Waals surface area contributed by atoms with Crippen LogP contribution in [-0.2, 0) is 11.8 Å². The number of furan rings is 1. The van der Waals surface area contributed by atoms with Gasteiger partial charge in [0, 0.05) is 62.6 Å². The summed E-state index contributed by atoms with van der Waals surface area (Å²) in [5.74, 6) is -0.0666. The van der Waals surface area contributed by atoms with Gasteiger partial charge < -0.3 is 25.0 Å². The molecular weight excluding hydrogens is 450 g/mol. The zero-order valence-corrected chi connectivity index (χ0v) is 19.8. The van der Waals surface area contributed by atoms with E-state index in [1.165, 1.54) is 6.07 Å². The summed E-state index contributed by atoms with van der Waals surface area (Å²) in [5.41, 5.74) is 2.73. The summed E-state index contributed by atoms with van der Waals surface area (Å²) in [7, 11) is 3.48. The Morgan fingerprint density at radius 3 is 2.91 bits per heavy atom. The van der Waals surface area contributed by atoms with E-state index in [2.05, 4.69) is 22.3 Å². The van der Waals surface area contributed by atoms with Crippen molar-refractivity contribution in [3.63, 3.8) is 0 Å². The third-order valence-corrected chi connectivity index (χ3v) is 6.36. The molecule has 0 amide bonds. The fourth-order valence-electron chi connectivity index (χ4n) is 4.68. The quantitative estimate of drug-likeness (QED) is 0.360. The molecule has 1 aliphatic heterocycles. The molecule has 1 saturated heterocycles. The summed E-state index contributed by atoms with van der Waals surface area (Å²) in [4.78, 5) is 22.6. The van der Waals surface area contributed by atoms with Crippen molar-refractivity contribution in [1.29, 1.82) is 5.41 Å². The highest BCUT2D eigenvalue weighted by Crippen LogP contribution is 2.38. The number of aromatic nitrogens is 5. The second-order valence-electron chi connectivity index (χ2n) is 8.61. The van der Waals surface area contributed by atoms with Gasteiger partial charge in [0.2, 0.25) is 0 Å². The molecule has 1 aliphatic rings. The molecule has 35 heavy (non-hydrogen) atoms. The molecule has 5 heterocycles. The van der Waals surface area contributed by atoms with Crippen molar-refractivity contribution >= 4 is 34.0 Å². The van der Waals surface area contributed by atoms with Crippen LogP contribution in [-0.4, -0.2) is 55.4 Å². The standard InChI is InChI=1S/C24H27N7O4/c1-4-16-7-15(5-6-34-16)31-22-21-18(8-17(32)19(28-21)14-11-27-30(3)12-14)35-23(22)20(29-24(31)33)13(9-25)10-26-2/h8-12,15-16,25-26,32H,4-7H2,1-3H3/b13-10+,25-9?/t15-,16-/m0/s1. The summed E-state index contributed by atoms with van der Waals surface area (Å²) in [6.07, 6.45) is 8.26. The minimum atomic E-state index is -0.446. The number of hydrogen-bond acceptors (Lipinski definition) is 9. The molecule has 11 nitrogen and oxygen atoms in total. The number of nitrogens with zero attached hydrogens (tertiary/aromatic N) is 5. The molecule has 5 rings (SSSR count). The second kappa shape index (κ2) is 8.99. The maximum atomic E-state index is 13.5. The lowest BCUT2D eigenvalue weighted by atomic mass is 10.0. The van der Waals surface area contributed by atoms with E-state index in [-0.39, 0.29) is 23.6 Å². The highest BCUT2D eigenvalue weighted by molar-refractivity contribution is 6.14. The third kappa shape index (κ3) is 3.87. The maximum Gasteiger partial charge on any atom is 0.349 e. The molecule has 182 valence electrons. The van der Waals surface area contributed by atoms with E-state index in [4.69, 9.17) is 19.5 Å². The predicted octanol–water partition coefficient (Wildman–Crippen LogP) is 2.98. The number of aryl methyl sites for hydroxylation is 1. The van der Waals surface area contributed by atoms with Crippen LogP contribution >= 0.6 is 0 Å². The van der Waals surface area contributed by atoms with Crippen LogP contribution in [0.1, 0.15) is 37.9 Å². The Kier molecular flexibility index (Phi) is 5.85. The Morgan fingerprint density at radius 2 is 2.23 bits per heavy atom. The number of fused-ring (bicyclic) bond motifs is 3. The van der Waals surface area contributed by atoms with E-state index in [1.54, 1.807) is 41.9 Å². The highest BCUT2D eigenvalue weighted by atomic mass is 16.5. The third-order valence-electron chi connectivity index (χ3n) is 6.36. The van der Waals surface area contributed by atoms with E-state index in [9.17, 15) is 9.90 Å². The van der Waals surface area contributed by atoms with Crippen LogP contribution in [0.15, 0.2) is 33.9 Å². The van der Waals surface area contributed by atoms with E-state index in [1.807, 2.05) is 0 Å².